The summed E-state index contributed by atoms with van der Waals surface area (Å²) in [5.41, 5.74) is 0.279. The Bertz CT molecular complexity index is 634. The largest absolute Gasteiger partial charge is 0.485 e. The van der Waals surface area contributed by atoms with Crippen LogP contribution in [-0.4, -0.2) is 36.4 Å². The molecule has 3 rings (SSSR count). The van der Waals surface area contributed by atoms with E-state index in [4.69, 9.17) is 14.2 Å². The Morgan fingerprint density at radius 3 is 2.94 bits per heavy atom. The van der Waals surface area contributed by atoms with E-state index in [0.717, 1.165) is 0 Å². The third-order valence-corrected chi connectivity index (χ3v) is 2.77. The van der Waals surface area contributed by atoms with Gasteiger partial charge in [0.1, 0.15) is 17.2 Å². The molecule has 2 heterocycles. The highest BCUT2D eigenvalue weighted by molar-refractivity contribution is 5.84. The third kappa shape index (κ3) is 1.80. The molecular weight excluding hydrogens is 236 g/mol. The molecule has 0 unspecified atom stereocenters. The third-order valence-electron chi connectivity index (χ3n) is 2.77. The molecule has 0 atom stereocenters. The van der Waals surface area contributed by atoms with Gasteiger partial charge in [-0.2, -0.15) is 4.98 Å². The molecule has 0 spiro atoms. The van der Waals surface area contributed by atoms with Crippen molar-refractivity contribution >= 4 is 10.9 Å². The zero-order valence-corrected chi connectivity index (χ0v) is 9.80. The Kier molecular flexibility index (Phi) is 2.64. The molecule has 6 heteroatoms. The average molecular weight is 248 g/mol. The van der Waals surface area contributed by atoms with E-state index >= 15 is 0 Å². The van der Waals surface area contributed by atoms with Crippen molar-refractivity contribution in [2.24, 2.45) is 0 Å². The van der Waals surface area contributed by atoms with Crippen LogP contribution in [0.1, 0.15) is 0 Å². The molecular formula is C12H12N2O4. The maximum absolute atomic E-state index is 12.0. The molecule has 0 saturated carbocycles. The van der Waals surface area contributed by atoms with Gasteiger partial charge in [-0.05, 0) is 12.1 Å². The Labute approximate surface area is 103 Å². The van der Waals surface area contributed by atoms with Crippen molar-refractivity contribution in [2.75, 3.05) is 20.3 Å². The van der Waals surface area contributed by atoms with Gasteiger partial charge >= 0.3 is 0 Å². The number of H-pyrrole nitrogens is 1. The smallest absolute Gasteiger partial charge is 0.296 e. The number of nitrogens with one attached hydrogen (secondary N) is 1. The van der Waals surface area contributed by atoms with Gasteiger partial charge in [0.25, 0.3) is 11.6 Å². The highest BCUT2D eigenvalue weighted by Crippen LogP contribution is 2.24. The average Bonchev–Trinajstić information content (AvgIpc) is 2.33. The highest BCUT2D eigenvalue weighted by atomic mass is 16.6. The van der Waals surface area contributed by atoms with Crippen molar-refractivity contribution < 1.29 is 14.2 Å². The summed E-state index contributed by atoms with van der Waals surface area (Å²) in [5.74, 6) is 0.525. The number of ether oxygens (including phenoxy) is 3. The zero-order valence-electron chi connectivity index (χ0n) is 9.80. The lowest BCUT2D eigenvalue weighted by molar-refractivity contribution is -0.0791. The van der Waals surface area contributed by atoms with Gasteiger partial charge in [-0.1, -0.05) is 6.07 Å². The van der Waals surface area contributed by atoms with Crippen LogP contribution in [-0.2, 0) is 4.74 Å². The summed E-state index contributed by atoms with van der Waals surface area (Å²) in [6, 6.07) is 5.49. The molecule has 1 fully saturated rings. The van der Waals surface area contributed by atoms with Crippen LogP contribution in [0.3, 0.4) is 0 Å². The standard InChI is InChI=1S/C12H12N2O4/c1-16-12-13-8-3-2-4-9(10(8)11(15)14-12)18-7-5-17-6-7/h2-4,7H,5-6H2,1H3,(H,13,14,15). The SMILES string of the molecule is COc1nc2cccc(OC3COC3)c2c(=O)[nH]1. The predicted octanol–water partition coefficient (Wildman–Crippen LogP) is 0.709. The van der Waals surface area contributed by atoms with Gasteiger partial charge in [-0.15, -0.1) is 0 Å². The van der Waals surface area contributed by atoms with Crippen molar-refractivity contribution in [2.45, 2.75) is 6.10 Å². The molecule has 6 nitrogen and oxygen atoms in total. The molecule has 2 aromatic rings. The van der Waals surface area contributed by atoms with Crippen molar-refractivity contribution in [3.05, 3.63) is 28.6 Å². The lowest BCUT2D eigenvalue weighted by Gasteiger charge is -2.27. The van der Waals surface area contributed by atoms with E-state index in [1.807, 2.05) is 0 Å². The molecule has 1 N–H and O–H groups in total. The van der Waals surface area contributed by atoms with Gasteiger partial charge in [0.15, 0.2) is 0 Å². The Morgan fingerprint density at radius 1 is 1.44 bits per heavy atom. The summed E-state index contributed by atoms with van der Waals surface area (Å²) < 4.78 is 15.7. The van der Waals surface area contributed by atoms with Crippen LogP contribution in [0.5, 0.6) is 11.8 Å². The summed E-state index contributed by atoms with van der Waals surface area (Å²) in [6.07, 6.45) is 0.0112. The summed E-state index contributed by atoms with van der Waals surface area (Å²) in [6.45, 7) is 1.11. The van der Waals surface area contributed by atoms with Crippen molar-refractivity contribution in [1.82, 2.24) is 9.97 Å². The van der Waals surface area contributed by atoms with Crippen molar-refractivity contribution in [3.8, 4) is 11.8 Å². The normalized spacial score (nSPS) is 15.4. The minimum atomic E-state index is -0.271. The van der Waals surface area contributed by atoms with Crippen LogP contribution in [0.25, 0.3) is 10.9 Å². The second kappa shape index (κ2) is 4.30. The lowest BCUT2D eigenvalue weighted by atomic mass is 10.2. The van der Waals surface area contributed by atoms with E-state index in [9.17, 15) is 4.79 Å². The van der Waals surface area contributed by atoms with E-state index in [0.29, 0.717) is 29.9 Å². The number of rotatable bonds is 3. The molecule has 1 saturated heterocycles. The number of hydrogen-bond donors (Lipinski definition) is 1. The number of fused-ring (bicyclic) bond motifs is 1. The van der Waals surface area contributed by atoms with Crippen LogP contribution in [0.2, 0.25) is 0 Å². The minimum Gasteiger partial charge on any atom is -0.485 e. The van der Waals surface area contributed by atoms with Gasteiger partial charge < -0.3 is 14.2 Å². The molecule has 0 amide bonds. The van der Waals surface area contributed by atoms with Crippen LogP contribution >= 0.6 is 0 Å². The quantitative estimate of drug-likeness (QED) is 0.866. The molecule has 94 valence electrons. The molecule has 1 aromatic carbocycles. The first kappa shape index (κ1) is 11.0. The topological polar surface area (TPSA) is 73.4 Å². The van der Waals surface area contributed by atoms with Gasteiger partial charge in [-0.25, -0.2) is 0 Å². The van der Waals surface area contributed by atoms with Gasteiger partial charge in [-0.3, -0.25) is 9.78 Å². The number of hydrogen-bond acceptors (Lipinski definition) is 5. The first-order valence-corrected chi connectivity index (χ1v) is 5.59. The lowest BCUT2D eigenvalue weighted by Crippen LogP contribution is -2.38. The molecule has 0 radical (unpaired) electrons. The van der Waals surface area contributed by atoms with Crippen molar-refractivity contribution in [1.29, 1.82) is 0 Å². The number of nitrogens with zero attached hydrogens (tertiary/aromatic N) is 1. The molecule has 1 aliphatic heterocycles. The first-order valence-electron chi connectivity index (χ1n) is 5.59. The number of aromatic nitrogens is 2. The second-order valence-electron chi connectivity index (χ2n) is 4.00. The van der Waals surface area contributed by atoms with E-state index in [2.05, 4.69) is 9.97 Å². The monoisotopic (exact) mass is 248 g/mol. The molecule has 18 heavy (non-hydrogen) atoms. The Hall–Kier alpha value is -2.08. The van der Waals surface area contributed by atoms with E-state index in [1.54, 1.807) is 18.2 Å². The number of methoxy groups -OCH3 is 1. The number of benzene rings is 1. The molecule has 0 bridgehead atoms. The second-order valence-corrected chi connectivity index (χ2v) is 4.00. The van der Waals surface area contributed by atoms with Gasteiger partial charge in [0.05, 0.1) is 25.8 Å². The summed E-state index contributed by atoms with van der Waals surface area (Å²) in [7, 11) is 1.45. The van der Waals surface area contributed by atoms with Crippen LogP contribution in [0.15, 0.2) is 23.0 Å². The minimum absolute atomic E-state index is 0.0112. The zero-order chi connectivity index (χ0) is 12.5. The predicted molar refractivity (Wildman–Crippen MR) is 64.2 cm³/mol. The Balaban J connectivity index is 2.11. The first-order chi connectivity index (χ1) is 8.78. The van der Waals surface area contributed by atoms with E-state index < -0.39 is 0 Å². The fourth-order valence-corrected chi connectivity index (χ4v) is 1.79. The van der Waals surface area contributed by atoms with Crippen LogP contribution in [0, 0.1) is 0 Å². The highest BCUT2D eigenvalue weighted by Gasteiger charge is 2.21. The van der Waals surface area contributed by atoms with Gasteiger partial charge in [0.2, 0.25) is 0 Å². The molecule has 0 aliphatic carbocycles. The van der Waals surface area contributed by atoms with Crippen LogP contribution < -0.4 is 15.0 Å². The van der Waals surface area contributed by atoms with E-state index in [-0.39, 0.29) is 17.7 Å². The van der Waals surface area contributed by atoms with Crippen LogP contribution in [0.4, 0.5) is 0 Å². The fraction of sp³-hybridized carbons (Fsp3) is 0.333. The summed E-state index contributed by atoms with van der Waals surface area (Å²) in [4.78, 5) is 18.7. The maximum Gasteiger partial charge on any atom is 0.296 e. The summed E-state index contributed by atoms with van der Waals surface area (Å²) >= 11 is 0. The summed E-state index contributed by atoms with van der Waals surface area (Å²) in [5, 5.41) is 0.435. The molecule has 1 aliphatic rings. The van der Waals surface area contributed by atoms with Crippen molar-refractivity contribution in [3.63, 3.8) is 0 Å². The Morgan fingerprint density at radius 2 is 2.28 bits per heavy atom. The van der Waals surface area contributed by atoms with E-state index in [1.165, 1.54) is 7.11 Å². The number of aromatic amines is 1. The maximum atomic E-state index is 12.0. The van der Waals surface area contributed by atoms with Gasteiger partial charge in [0, 0.05) is 0 Å². The fourth-order valence-electron chi connectivity index (χ4n) is 1.79. The molecule has 1 aromatic heterocycles.